The van der Waals surface area contributed by atoms with Gasteiger partial charge in [-0.25, -0.2) is 0 Å². The summed E-state index contributed by atoms with van der Waals surface area (Å²) < 4.78 is 6.21. The normalized spacial score (nSPS) is 21.7. The highest BCUT2D eigenvalue weighted by atomic mass is 16.5. The van der Waals surface area contributed by atoms with Crippen molar-refractivity contribution in [1.82, 2.24) is 9.80 Å². The highest BCUT2D eigenvalue weighted by Crippen LogP contribution is 2.30. The van der Waals surface area contributed by atoms with Gasteiger partial charge in [-0.1, -0.05) is 32.4 Å². The van der Waals surface area contributed by atoms with Crippen LogP contribution in [0.15, 0.2) is 24.3 Å². The topological polar surface area (TPSA) is 49.9 Å². The largest absolute Gasteiger partial charge is 0.491 e. The van der Waals surface area contributed by atoms with Gasteiger partial charge in [-0.15, -0.1) is 0 Å². The molecule has 1 aromatic rings. The molecular weight excluding hydrogens is 364 g/mol. The lowest BCUT2D eigenvalue weighted by Crippen LogP contribution is -2.49. The van der Waals surface area contributed by atoms with E-state index in [9.17, 15) is 9.59 Å². The zero-order valence-electron chi connectivity index (χ0n) is 18.2. The zero-order chi connectivity index (χ0) is 20.8. The van der Waals surface area contributed by atoms with Crippen molar-refractivity contribution in [2.75, 3.05) is 26.2 Å². The number of amides is 2. The van der Waals surface area contributed by atoms with E-state index in [4.69, 9.17) is 4.74 Å². The molecule has 1 atom stereocenters. The Bertz CT molecular complexity index is 699. The molecule has 1 aliphatic carbocycles. The van der Waals surface area contributed by atoms with E-state index in [1.54, 1.807) is 0 Å². The summed E-state index contributed by atoms with van der Waals surface area (Å²) in [7, 11) is 0. The Balaban J connectivity index is 1.88. The lowest BCUT2D eigenvalue weighted by molar-refractivity contribution is -0.141. The molecule has 0 aromatic heterocycles. The maximum atomic E-state index is 13.2. The summed E-state index contributed by atoms with van der Waals surface area (Å²) in [5.41, 5.74) is 0.620. The first-order valence-corrected chi connectivity index (χ1v) is 11.3. The van der Waals surface area contributed by atoms with Crippen molar-refractivity contribution in [3.63, 3.8) is 0 Å². The van der Waals surface area contributed by atoms with Gasteiger partial charge in [0, 0.05) is 25.6 Å². The van der Waals surface area contributed by atoms with Gasteiger partial charge in [-0.2, -0.15) is 0 Å². The Morgan fingerprint density at radius 3 is 2.52 bits per heavy atom. The van der Waals surface area contributed by atoms with Gasteiger partial charge in [0.1, 0.15) is 12.4 Å². The third-order valence-electron chi connectivity index (χ3n) is 6.22. The Morgan fingerprint density at radius 2 is 1.86 bits per heavy atom. The molecule has 0 N–H and O–H groups in total. The molecule has 1 heterocycles. The molecule has 5 nitrogen and oxygen atoms in total. The summed E-state index contributed by atoms with van der Waals surface area (Å²) in [6.07, 6.45) is 5.94. The number of carbonyl (C=O) groups excluding carboxylic acids is 2. The monoisotopic (exact) mass is 400 g/mol. The molecule has 1 aromatic carbocycles. The highest BCUT2D eigenvalue weighted by molar-refractivity contribution is 5.97. The molecule has 1 aliphatic heterocycles. The second-order valence-electron chi connectivity index (χ2n) is 8.84. The third kappa shape index (κ3) is 5.31. The molecule has 2 aliphatic rings. The fourth-order valence-electron chi connectivity index (χ4n) is 4.31. The molecule has 1 fully saturated rings. The molecular formula is C24H36N2O3. The quantitative estimate of drug-likeness (QED) is 0.754. The van der Waals surface area contributed by atoms with Gasteiger partial charge in [-0.3, -0.25) is 9.59 Å². The fraction of sp³-hybridized carbons (Fsp3) is 0.667. The molecule has 0 saturated heterocycles. The number of hydrogen-bond acceptors (Lipinski definition) is 3. The van der Waals surface area contributed by atoms with Crippen LogP contribution in [0.2, 0.25) is 0 Å². The molecule has 0 unspecified atom stereocenters. The molecule has 5 heteroatoms. The van der Waals surface area contributed by atoms with Crippen molar-refractivity contribution in [2.24, 2.45) is 11.8 Å². The van der Waals surface area contributed by atoms with Crippen LogP contribution in [0.4, 0.5) is 0 Å². The van der Waals surface area contributed by atoms with Gasteiger partial charge in [0.25, 0.3) is 5.91 Å². The number of rotatable bonds is 4. The van der Waals surface area contributed by atoms with E-state index in [1.807, 2.05) is 36.1 Å². The minimum absolute atomic E-state index is 0.0338. The molecule has 0 bridgehead atoms. The second kappa shape index (κ2) is 10.1. The fourth-order valence-corrected chi connectivity index (χ4v) is 4.31. The SMILES string of the molecule is CCN1CCCCN(C(=O)C2CCC2)[C@@H](CC(C)C)COc2ccccc2C1=O. The van der Waals surface area contributed by atoms with Gasteiger partial charge >= 0.3 is 0 Å². The van der Waals surface area contributed by atoms with Crippen LogP contribution in [0, 0.1) is 11.8 Å². The van der Waals surface area contributed by atoms with Crippen molar-refractivity contribution in [2.45, 2.75) is 65.3 Å². The van der Waals surface area contributed by atoms with E-state index in [-0.39, 0.29) is 17.9 Å². The summed E-state index contributed by atoms with van der Waals surface area (Å²) >= 11 is 0. The minimum Gasteiger partial charge on any atom is -0.491 e. The van der Waals surface area contributed by atoms with Crippen molar-refractivity contribution in [3.05, 3.63) is 29.8 Å². The average Bonchev–Trinajstić information content (AvgIpc) is 2.65. The van der Waals surface area contributed by atoms with Crippen molar-refractivity contribution in [3.8, 4) is 5.75 Å². The summed E-state index contributed by atoms with van der Waals surface area (Å²) in [6.45, 7) is 8.98. The number of para-hydroxylation sites is 1. The Kier molecular flexibility index (Phi) is 7.57. The van der Waals surface area contributed by atoms with Crippen LogP contribution in [0.5, 0.6) is 5.75 Å². The molecule has 0 spiro atoms. The van der Waals surface area contributed by atoms with E-state index >= 15 is 0 Å². The molecule has 2 amide bonds. The van der Waals surface area contributed by atoms with E-state index in [2.05, 4.69) is 18.7 Å². The van der Waals surface area contributed by atoms with Gasteiger partial charge in [-0.05, 0) is 57.1 Å². The van der Waals surface area contributed by atoms with Crippen LogP contribution in [0.3, 0.4) is 0 Å². The minimum atomic E-state index is 0.0338. The molecule has 3 rings (SSSR count). The summed E-state index contributed by atoms with van der Waals surface area (Å²) in [5.74, 6) is 1.63. The Labute approximate surface area is 175 Å². The summed E-state index contributed by atoms with van der Waals surface area (Å²) in [6, 6.07) is 7.56. The molecule has 160 valence electrons. The first-order chi connectivity index (χ1) is 14.0. The maximum Gasteiger partial charge on any atom is 0.257 e. The van der Waals surface area contributed by atoms with Crippen LogP contribution >= 0.6 is 0 Å². The van der Waals surface area contributed by atoms with Crippen molar-refractivity contribution < 1.29 is 14.3 Å². The maximum absolute atomic E-state index is 13.2. The van der Waals surface area contributed by atoms with Crippen LogP contribution in [0.1, 0.15) is 69.7 Å². The molecule has 0 radical (unpaired) electrons. The van der Waals surface area contributed by atoms with E-state index < -0.39 is 0 Å². The number of fused-ring (bicyclic) bond motifs is 1. The average molecular weight is 401 g/mol. The third-order valence-corrected chi connectivity index (χ3v) is 6.22. The van der Waals surface area contributed by atoms with E-state index in [0.717, 1.165) is 45.1 Å². The number of ether oxygens (including phenoxy) is 1. The lowest BCUT2D eigenvalue weighted by atomic mass is 9.83. The van der Waals surface area contributed by atoms with Crippen molar-refractivity contribution >= 4 is 11.8 Å². The number of nitrogens with zero attached hydrogens (tertiary/aromatic N) is 2. The highest BCUT2D eigenvalue weighted by Gasteiger charge is 2.34. The summed E-state index contributed by atoms with van der Waals surface area (Å²) in [5, 5.41) is 0. The molecule has 1 saturated carbocycles. The first kappa shape index (κ1) is 21.7. The molecule has 29 heavy (non-hydrogen) atoms. The predicted octanol–water partition coefficient (Wildman–Crippen LogP) is 4.36. The number of benzene rings is 1. The smallest absolute Gasteiger partial charge is 0.257 e. The van der Waals surface area contributed by atoms with Crippen LogP contribution in [0.25, 0.3) is 0 Å². The number of carbonyl (C=O) groups is 2. The van der Waals surface area contributed by atoms with E-state index in [1.165, 1.54) is 0 Å². The lowest BCUT2D eigenvalue weighted by Gasteiger charge is -2.38. The van der Waals surface area contributed by atoms with E-state index in [0.29, 0.717) is 42.8 Å². The van der Waals surface area contributed by atoms with Gasteiger partial charge in [0.05, 0.1) is 11.6 Å². The summed E-state index contributed by atoms with van der Waals surface area (Å²) in [4.78, 5) is 30.2. The second-order valence-corrected chi connectivity index (χ2v) is 8.84. The Morgan fingerprint density at radius 1 is 1.14 bits per heavy atom. The van der Waals surface area contributed by atoms with Gasteiger partial charge in [0.15, 0.2) is 0 Å². The van der Waals surface area contributed by atoms with Crippen LogP contribution in [-0.2, 0) is 4.79 Å². The van der Waals surface area contributed by atoms with Crippen molar-refractivity contribution in [1.29, 1.82) is 0 Å². The Hall–Kier alpha value is -2.04. The zero-order valence-corrected chi connectivity index (χ0v) is 18.2. The first-order valence-electron chi connectivity index (χ1n) is 11.3. The number of hydrogen-bond donors (Lipinski definition) is 0. The van der Waals surface area contributed by atoms with Crippen LogP contribution < -0.4 is 4.74 Å². The van der Waals surface area contributed by atoms with Gasteiger partial charge < -0.3 is 14.5 Å². The standard InChI is InChI=1S/C24H36N2O3/c1-4-25-14-7-8-15-26(23(27)19-10-9-11-19)20(16-18(2)3)17-29-22-13-6-5-12-21(22)24(25)28/h5-6,12-13,18-20H,4,7-11,14-17H2,1-3H3/t20-/m0/s1. The van der Waals surface area contributed by atoms with Crippen LogP contribution in [-0.4, -0.2) is 53.9 Å². The predicted molar refractivity (Wildman–Crippen MR) is 115 cm³/mol. The van der Waals surface area contributed by atoms with Gasteiger partial charge in [0.2, 0.25) is 5.91 Å².